The molecule has 0 spiro atoms. The molecule has 3 N–H and O–H groups in total. The molecule has 0 aliphatic carbocycles. The highest BCUT2D eigenvalue weighted by Crippen LogP contribution is 2.18. The minimum Gasteiger partial charge on any atom is -0.383 e. The third kappa shape index (κ3) is 4.14. The van der Waals surface area contributed by atoms with Crippen LogP contribution in [0.5, 0.6) is 0 Å². The van der Waals surface area contributed by atoms with Crippen LogP contribution in [0.4, 0.5) is 11.6 Å². The first-order valence-corrected chi connectivity index (χ1v) is 6.78. The third-order valence-corrected chi connectivity index (χ3v) is 3.09. The largest absolute Gasteiger partial charge is 0.383 e. The predicted molar refractivity (Wildman–Crippen MR) is 76.7 cm³/mol. The van der Waals surface area contributed by atoms with Crippen LogP contribution in [0.1, 0.15) is 32.8 Å². The predicted octanol–water partition coefficient (Wildman–Crippen LogP) is 1.76. The van der Waals surface area contributed by atoms with Gasteiger partial charge in [0.15, 0.2) is 0 Å². The van der Waals surface area contributed by atoms with Gasteiger partial charge in [-0.3, -0.25) is 0 Å². The number of rotatable bonds is 8. The Kier molecular flexibility index (Phi) is 6.43. The smallest absolute Gasteiger partial charge is 0.134 e. The molecule has 0 aromatic carbocycles. The van der Waals surface area contributed by atoms with E-state index in [1.54, 1.807) is 0 Å². The molecule has 1 aromatic rings. The van der Waals surface area contributed by atoms with E-state index >= 15 is 0 Å². The molecule has 1 rings (SSSR count). The van der Waals surface area contributed by atoms with Gasteiger partial charge in [-0.1, -0.05) is 27.2 Å². The number of nitrogens with one attached hydrogen (secondary N) is 1. The molecule has 0 aliphatic rings. The van der Waals surface area contributed by atoms with Gasteiger partial charge < -0.3 is 16.0 Å². The number of aromatic nitrogens is 2. The van der Waals surface area contributed by atoms with Crippen LogP contribution >= 0.6 is 0 Å². The maximum atomic E-state index is 5.89. The molecule has 1 heterocycles. The van der Waals surface area contributed by atoms with Gasteiger partial charge in [0, 0.05) is 18.7 Å². The van der Waals surface area contributed by atoms with E-state index in [0.717, 1.165) is 50.4 Å². The van der Waals surface area contributed by atoms with E-state index in [4.69, 9.17) is 5.73 Å². The Bertz CT molecular complexity index is 349. The molecule has 0 aliphatic heterocycles. The van der Waals surface area contributed by atoms with Crippen molar-refractivity contribution in [3.8, 4) is 0 Å². The summed E-state index contributed by atoms with van der Waals surface area (Å²) in [5, 5.41) is 3.37. The zero-order chi connectivity index (χ0) is 13.4. The van der Waals surface area contributed by atoms with Crippen LogP contribution in [-0.4, -0.2) is 41.0 Å². The van der Waals surface area contributed by atoms with E-state index in [-0.39, 0.29) is 0 Å². The van der Waals surface area contributed by atoms with E-state index < -0.39 is 0 Å². The van der Waals surface area contributed by atoms with Crippen molar-refractivity contribution in [2.75, 3.05) is 37.2 Å². The molecule has 0 bridgehead atoms. The van der Waals surface area contributed by atoms with Gasteiger partial charge in [0.2, 0.25) is 0 Å². The summed E-state index contributed by atoms with van der Waals surface area (Å²) in [5.74, 6) is 1.48. The number of hydrogen-bond donors (Lipinski definition) is 2. The molecular formula is C13H25N5. The van der Waals surface area contributed by atoms with Gasteiger partial charge in [0.25, 0.3) is 0 Å². The second-order valence-electron chi connectivity index (χ2n) is 4.29. The molecule has 0 saturated carbocycles. The van der Waals surface area contributed by atoms with Gasteiger partial charge in [-0.05, 0) is 19.5 Å². The fourth-order valence-corrected chi connectivity index (χ4v) is 1.95. The number of likely N-dealkylation sites (N-methyl/N-ethyl adjacent to an activating group) is 1. The Morgan fingerprint density at radius 3 is 2.56 bits per heavy atom. The van der Waals surface area contributed by atoms with E-state index in [2.05, 4.69) is 41.0 Å². The number of nitrogen functional groups attached to an aromatic ring is 1. The van der Waals surface area contributed by atoms with E-state index in [0.29, 0.717) is 5.82 Å². The SMILES string of the molecule is CCCc1c(N)ncnc1NCCN(CC)CC. The number of nitrogens with zero attached hydrogens (tertiary/aromatic N) is 3. The zero-order valence-corrected chi connectivity index (χ0v) is 11.7. The molecule has 102 valence electrons. The monoisotopic (exact) mass is 251 g/mol. The first kappa shape index (κ1) is 14.7. The molecule has 18 heavy (non-hydrogen) atoms. The second-order valence-corrected chi connectivity index (χ2v) is 4.29. The van der Waals surface area contributed by atoms with Crippen LogP contribution in [0.2, 0.25) is 0 Å². The van der Waals surface area contributed by atoms with Crippen molar-refractivity contribution < 1.29 is 0 Å². The quantitative estimate of drug-likeness (QED) is 0.737. The van der Waals surface area contributed by atoms with Crippen LogP contribution < -0.4 is 11.1 Å². The highest BCUT2D eigenvalue weighted by molar-refractivity contribution is 5.54. The molecule has 0 atom stereocenters. The number of nitrogens with two attached hydrogens (primary N) is 1. The highest BCUT2D eigenvalue weighted by Gasteiger charge is 2.08. The molecule has 0 amide bonds. The standard InChI is InChI=1S/C13H25N5/c1-4-7-11-12(14)16-10-17-13(11)15-8-9-18(5-2)6-3/h10H,4-9H2,1-3H3,(H3,14,15,16,17). The third-order valence-electron chi connectivity index (χ3n) is 3.09. The van der Waals surface area contributed by atoms with Gasteiger partial charge in [-0.2, -0.15) is 0 Å². The lowest BCUT2D eigenvalue weighted by Gasteiger charge is -2.19. The van der Waals surface area contributed by atoms with Crippen molar-refractivity contribution in [2.45, 2.75) is 33.6 Å². The summed E-state index contributed by atoms with van der Waals surface area (Å²) >= 11 is 0. The average Bonchev–Trinajstić information content (AvgIpc) is 2.38. The van der Waals surface area contributed by atoms with Gasteiger partial charge in [0.05, 0.1) is 0 Å². The molecule has 1 aromatic heterocycles. The number of anilines is 2. The first-order chi connectivity index (χ1) is 8.72. The summed E-state index contributed by atoms with van der Waals surface area (Å²) in [7, 11) is 0. The Balaban J connectivity index is 2.58. The Hall–Kier alpha value is -1.36. The lowest BCUT2D eigenvalue weighted by Crippen LogP contribution is -2.29. The second kappa shape index (κ2) is 7.87. The summed E-state index contributed by atoms with van der Waals surface area (Å²) in [5.41, 5.74) is 6.93. The summed E-state index contributed by atoms with van der Waals surface area (Å²) in [4.78, 5) is 10.7. The molecule has 0 saturated heterocycles. The van der Waals surface area contributed by atoms with Crippen molar-refractivity contribution in [3.05, 3.63) is 11.9 Å². The summed E-state index contributed by atoms with van der Waals surface area (Å²) < 4.78 is 0. The van der Waals surface area contributed by atoms with Crippen LogP contribution in [0.15, 0.2) is 6.33 Å². The van der Waals surface area contributed by atoms with Crippen LogP contribution in [-0.2, 0) is 6.42 Å². The fraction of sp³-hybridized carbons (Fsp3) is 0.692. The van der Waals surface area contributed by atoms with E-state index in [1.807, 2.05) is 0 Å². The maximum Gasteiger partial charge on any atom is 0.134 e. The maximum absolute atomic E-state index is 5.89. The molecular weight excluding hydrogens is 226 g/mol. The van der Waals surface area contributed by atoms with Crippen molar-refractivity contribution in [2.24, 2.45) is 0 Å². The van der Waals surface area contributed by atoms with Crippen molar-refractivity contribution in [3.63, 3.8) is 0 Å². The molecule has 0 unspecified atom stereocenters. The Morgan fingerprint density at radius 2 is 1.94 bits per heavy atom. The van der Waals surface area contributed by atoms with Gasteiger partial charge in [-0.15, -0.1) is 0 Å². The highest BCUT2D eigenvalue weighted by atomic mass is 15.1. The summed E-state index contributed by atoms with van der Waals surface area (Å²) in [6, 6.07) is 0. The van der Waals surface area contributed by atoms with Gasteiger partial charge in [-0.25, -0.2) is 9.97 Å². The van der Waals surface area contributed by atoms with E-state index in [9.17, 15) is 0 Å². The van der Waals surface area contributed by atoms with Crippen LogP contribution in [0.3, 0.4) is 0 Å². The van der Waals surface area contributed by atoms with Crippen LogP contribution in [0.25, 0.3) is 0 Å². The topological polar surface area (TPSA) is 67.1 Å². The normalized spacial score (nSPS) is 10.9. The number of hydrogen-bond acceptors (Lipinski definition) is 5. The molecule has 5 nitrogen and oxygen atoms in total. The van der Waals surface area contributed by atoms with Crippen molar-refractivity contribution in [1.82, 2.24) is 14.9 Å². The zero-order valence-electron chi connectivity index (χ0n) is 11.7. The summed E-state index contributed by atoms with van der Waals surface area (Å²) in [6.07, 6.45) is 3.48. The fourth-order valence-electron chi connectivity index (χ4n) is 1.95. The first-order valence-electron chi connectivity index (χ1n) is 6.78. The van der Waals surface area contributed by atoms with E-state index in [1.165, 1.54) is 6.33 Å². The molecule has 0 radical (unpaired) electrons. The van der Waals surface area contributed by atoms with Gasteiger partial charge >= 0.3 is 0 Å². The van der Waals surface area contributed by atoms with Crippen LogP contribution in [0, 0.1) is 0 Å². The minimum absolute atomic E-state index is 0.595. The lowest BCUT2D eigenvalue weighted by molar-refractivity contribution is 0.316. The van der Waals surface area contributed by atoms with Crippen molar-refractivity contribution in [1.29, 1.82) is 0 Å². The minimum atomic E-state index is 0.595. The van der Waals surface area contributed by atoms with Crippen molar-refractivity contribution >= 4 is 11.6 Å². The molecule has 5 heteroatoms. The molecule has 0 fully saturated rings. The Morgan fingerprint density at radius 1 is 1.22 bits per heavy atom. The van der Waals surface area contributed by atoms with Gasteiger partial charge in [0.1, 0.15) is 18.0 Å². The summed E-state index contributed by atoms with van der Waals surface area (Å²) in [6.45, 7) is 10.5. The lowest BCUT2D eigenvalue weighted by atomic mass is 10.1. The Labute approximate surface area is 110 Å². The average molecular weight is 251 g/mol.